The van der Waals surface area contributed by atoms with Gasteiger partial charge >= 0.3 is 5.97 Å². The number of ether oxygens (including phenoxy) is 1. The maximum Gasteiger partial charge on any atom is 0.303 e. The number of nitrogens with one attached hydrogen (secondary N) is 3. The van der Waals surface area contributed by atoms with E-state index in [9.17, 15) is 33.6 Å². The van der Waals surface area contributed by atoms with Gasteiger partial charge in [0.2, 0.25) is 17.7 Å². The number of carboxylic acid groups (broad SMARTS) is 1. The van der Waals surface area contributed by atoms with E-state index in [-0.39, 0.29) is 63.8 Å². The monoisotopic (exact) mass is 869 g/mol. The smallest absolute Gasteiger partial charge is 0.303 e. The number of hydrogen-bond donors (Lipinski definition) is 4. The van der Waals surface area contributed by atoms with Gasteiger partial charge in [-0.05, 0) is 77.1 Å². The molecule has 13 heteroatoms. The Labute approximate surface area is 370 Å². The molecule has 3 amide bonds. The van der Waals surface area contributed by atoms with E-state index in [0.29, 0.717) is 17.7 Å². The van der Waals surface area contributed by atoms with Gasteiger partial charge in [-0.2, -0.15) is 0 Å². The summed E-state index contributed by atoms with van der Waals surface area (Å²) in [5.74, 6) is -5.46. The average Bonchev–Trinajstić information content (AvgIpc) is 3.81. The van der Waals surface area contributed by atoms with Gasteiger partial charge in [0.1, 0.15) is 18.4 Å². The van der Waals surface area contributed by atoms with Crippen molar-refractivity contribution in [3.05, 3.63) is 148 Å². The molecule has 0 fully saturated rings. The van der Waals surface area contributed by atoms with Crippen molar-refractivity contribution >= 4 is 52.4 Å². The number of carbonyl (C=O) groups is 7. The van der Waals surface area contributed by atoms with Gasteiger partial charge in [-0.15, -0.1) is 11.3 Å². The van der Waals surface area contributed by atoms with Crippen LogP contribution in [0.25, 0.3) is 11.1 Å². The molecule has 0 saturated carbocycles. The van der Waals surface area contributed by atoms with E-state index in [0.717, 1.165) is 27.1 Å². The van der Waals surface area contributed by atoms with E-state index in [1.165, 1.54) is 11.3 Å². The number of aryl methyl sites for hydroxylation is 1. The topological polar surface area (TPSA) is 185 Å². The molecule has 7 rings (SSSR count). The molecule has 0 saturated heterocycles. The molecule has 1 aromatic heterocycles. The van der Waals surface area contributed by atoms with Crippen LogP contribution in [0.2, 0.25) is 0 Å². The number of amides is 3. The van der Waals surface area contributed by atoms with Gasteiger partial charge in [-0.25, -0.2) is 0 Å². The Morgan fingerprint density at radius 3 is 2.05 bits per heavy atom. The highest BCUT2D eigenvalue weighted by Crippen LogP contribution is 2.24. The molecule has 4 N–H and O–H groups in total. The molecule has 0 unspecified atom stereocenters. The molecule has 2 aliphatic rings. The summed E-state index contributed by atoms with van der Waals surface area (Å²) in [6.07, 6.45) is -0.0718. The summed E-state index contributed by atoms with van der Waals surface area (Å²) in [4.78, 5) is 95.0. The summed E-state index contributed by atoms with van der Waals surface area (Å²) in [5, 5.41) is 19.4. The van der Waals surface area contributed by atoms with E-state index >= 15 is 0 Å². The van der Waals surface area contributed by atoms with Crippen LogP contribution in [-0.2, 0) is 59.2 Å². The van der Waals surface area contributed by atoms with Crippen molar-refractivity contribution in [1.82, 2.24) is 16.0 Å². The lowest BCUT2D eigenvalue weighted by molar-refractivity contribution is -0.138. The highest BCUT2D eigenvalue weighted by Gasteiger charge is 2.33. The SMILES string of the molecule is O=C(O)CCC(=O)CNC(=O)[C@H]1CC(=O)[C@H](CCc2ccccc2)NC(=O)[C@@H](Cc2ccc(-c3ccccc3)cc2)NC(=O)[C@H](Cc2cccs2)CC(=O)COc2ccc(cc2)C1. The molecule has 3 heterocycles. The number of carboxylic acids is 1. The second-order valence-electron chi connectivity index (χ2n) is 15.8. The van der Waals surface area contributed by atoms with E-state index in [1.54, 1.807) is 24.3 Å². The van der Waals surface area contributed by atoms with Crippen LogP contribution in [0.1, 0.15) is 53.7 Å². The molecule has 0 spiro atoms. The zero-order valence-electron chi connectivity index (χ0n) is 34.8. The minimum Gasteiger partial charge on any atom is -0.486 e. The van der Waals surface area contributed by atoms with Gasteiger partial charge in [0.05, 0.1) is 19.0 Å². The lowest BCUT2D eigenvalue weighted by Gasteiger charge is -2.26. The molecule has 0 radical (unpaired) electrons. The molecule has 0 aliphatic carbocycles. The maximum atomic E-state index is 14.6. The minimum absolute atomic E-state index is 0.0733. The third-order valence-electron chi connectivity index (χ3n) is 11.0. The van der Waals surface area contributed by atoms with Crippen molar-refractivity contribution in [2.24, 2.45) is 11.8 Å². The number of thiophene rings is 1. The standard InChI is InChI=1S/C50H51N3O9S/c54-40(20-24-47(57)58)31-51-48(59)38-26-34-15-21-42(22-16-34)62-32-41(55)28-39(29-43-12-7-25-63-43)49(60)53-45(27-35-13-18-37(19-14-35)36-10-5-2-6-11-36)50(61)52-44(46(56)30-38)23-17-33-8-3-1-4-9-33/h1-16,18-19,21-22,25,38-39,44-45H,17,20,23-24,26-32H2,(H,51,59)(H,52,61)(H,53,60)(H,57,58)/t38-,39+,44+,45-/m1/s1. The van der Waals surface area contributed by atoms with Crippen LogP contribution in [0.4, 0.5) is 0 Å². The van der Waals surface area contributed by atoms with Crippen molar-refractivity contribution in [2.45, 2.75) is 69.9 Å². The number of aliphatic carboxylic acids is 1. The van der Waals surface area contributed by atoms with Crippen molar-refractivity contribution in [3.63, 3.8) is 0 Å². The van der Waals surface area contributed by atoms with E-state index in [2.05, 4.69) is 16.0 Å². The van der Waals surface area contributed by atoms with Gasteiger partial charge < -0.3 is 25.8 Å². The fraction of sp³-hybridized carbons (Fsp3) is 0.300. The quantitative estimate of drug-likeness (QED) is 0.102. The number of ketones is 3. The van der Waals surface area contributed by atoms with Gasteiger partial charge in [0.25, 0.3) is 0 Å². The molecule has 12 nitrogen and oxygen atoms in total. The summed E-state index contributed by atoms with van der Waals surface area (Å²) in [6.45, 7) is -0.712. The fourth-order valence-electron chi connectivity index (χ4n) is 7.48. The second-order valence-corrected chi connectivity index (χ2v) is 16.8. The predicted molar refractivity (Wildman–Crippen MR) is 239 cm³/mol. The largest absolute Gasteiger partial charge is 0.486 e. The van der Waals surface area contributed by atoms with Crippen LogP contribution in [-0.4, -0.2) is 71.4 Å². The fourth-order valence-corrected chi connectivity index (χ4v) is 8.27. The van der Waals surface area contributed by atoms with Gasteiger partial charge in [-0.1, -0.05) is 103 Å². The lowest BCUT2D eigenvalue weighted by Crippen LogP contribution is -2.54. The molecule has 63 heavy (non-hydrogen) atoms. The molecular formula is C50H51N3O9S. The van der Waals surface area contributed by atoms with Crippen LogP contribution in [0, 0.1) is 11.8 Å². The first kappa shape index (κ1) is 45.8. The number of fused-ring (bicyclic) bond motifs is 16. The number of rotatable bonds is 14. The maximum absolute atomic E-state index is 14.6. The molecule has 326 valence electrons. The number of Topliss-reactive ketones (excluding diaryl/α,β-unsaturated/α-hetero) is 3. The first-order valence-corrected chi connectivity index (χ1v) is 22.0. The molecule has 4 aromatic carbocycles. The van der Waals surface area contributed by atoms with Crippen molar-refractivity contribution in [3.8, 4) is 16.9 Å². The Hall–Kier alpha value is -6.73. The summed E-state index contributed by atoms with van der Waals surface area (Å²) < 4.78 is 5.83. The normalized spacial score (nSPS) is 18.8. The third kappa shape index (κ3) is 14.4. The number of carbonyl (C=O) groups excluding carboxylic acids is 6. The molecular weight excluding hydrogens is 819 g/mol. The predicted octanol–water partition coefficient (Wildman–Crippen LogP) is 6.14. The molecule has 2 bridgehead atoms. The lowest BCUT2D eigenvalue weighted by atomic mass is 9.89. The number of benzene rings is 4. The second kappa shape index (κ2) is 22.9. The average molecular weight is 870 g/mol. The molecule has 5 aromatic rings. The highest BCUT2D eigenvalue weighted by molar-refractivity contribution is 7.09. The van der Waals surface area contributed by atoms with Crippen LogP contribution in [0.5, 0.6) is 5.75 Å². The zero-order valence-corrected chi connectivity index (χ0v) is 35.6. The summed E-state index contributed by atoms with van der Waals surface area (Å²) in [5.41, 5.74) is 4.33. The van der Waals surface area contributed by atoms with Crippen LogP contribution < -0.4 is 20.7 Å². The van der Waals surface area contributed by atoms with E-state index < -0.39 is 65.7 Å². The van der Waals surface area contributed by atoms with Gasteiger partial charge in [-0.3, -0.25) is 33.6 Å². The highest BCUT2D eigenvalue weighted by atomic mass is 32.1. The van der Waals surface area contributed by atoms with Crippen molar-refractivity contribution in [1.29, 1.82) is 0 Å². The zero-order chi connectivity index (χ0) is 44.6. The molecule has 2 aliphatic heterocycles. The van der Waals surface area contributed by atoms with Gasteiger partial charge in [0.15, 0.2) is 17.3 Å². The van der Waals surface area contributed by atoms with Crippen LogP contribution in [0.3, 0.4) is 0 Å². The summed E-state index contributed by atoms with van der Waals surface area (Å²) in [7, 11) is 0. The van der Waals surface area contributed by atoms with E-state index in [1.807, 2.05) is 102 Å². The Morgan fingerprint density at radius 2 is 1.37 bits per heavy atom. The Balaban J connectivity index is 1.32. The third-order valence-corrected chi connectivity index (χ3v) is 11.9. The Bertz CT molecular complexity index is 2330. The Morgan fingerprint density at radius 1 is 0.683 bits per heavy atom. The van der Waals surface area contributed by atoms with Crippen LogP contribution >= 0.6 is 11.3 Å². The first-order chi connectivity index (χ1) is 30.5. The number of hydrogen-bond acceptors (Lipinski definition) is 9. The first-order valence-electron chi connectivity index (χ1n) is 21.1. The van der Waals surface area contributed by atoms with Crippen molar-refractivity contribution < 1.29 is 43.4 Å². The molecule has 4 atom stereocenters. The van der Waals surface area contributed by atoms with Crippen LogP contribution in [0.15, 0.2) is 127 Å². The Kier molecular flexibility index (Phi) is 16.7. The minimum atomic E-state index is -1.15. The van der Waals surface area contributed by atoms with Gasteiger partial charge in [0, 0.05) is 42.4 Å². The van der Waals surface area contributed by atoms with E-state index in [4.69, 9.17) is 9.84 Å². The summed E-state index contributed by atoms with van der Waals surface area (Å²) in [6, 6.07) is 35.2. The summed E-state index contributed by atoms with van der Waals surface area (Å²) >= 11 is 1.46. The van der Waals surface area contributed by atoms with Crippen molar-refractivity contribution in [2.75, 3.05) is 13.2 Å².